The van der Waals surface area contributed by atoms with Crippen LogP contribution >= 0.6 is 0 Å². The van der Waals surface area contributed by atoms with E-state index in [0.29, 0.717) is 11.1 Å². The Kier molecular flexibility index (Phi) is 4.54. The number of rotatable bonds is 3. The summed E-state index contributed by atoms with van der Waals surface area (Å²) < 4.78 is 38.9. The van der Waals surface area contributed by atoms with Gasteiger partial charge >= 0.3 is 6.18 Å². The Bertz CT molecular complexity index is 558. The van der Waals surface area contributed by atoms with Crippen LogP contribution in [0.2, 0.25) is 0 Å². The second-order valence-corrected chi connectivity index (χ2v) is 6.68. The third-order valence-electron chi connectivity index (χ3n) is 4.29. The van der Waals surface area contributed by atoms with Crippen molar-refractivity contribution in [2.75, 3.05) is 0 Å². The molecule has 1 aliphatic rings. The highest BCUT2D eigenvalue weighted by molar-refractivity contribution is 5.79. The zero-order valence-electron chi connectivity index (χ0n) is 13.2. The van der Waals surface area contributed by atoms with Gasteiger partial charge in [0.2, 0.25) is 5.91 Å². The van der Waals surface area contributed by atoms with Gasteiger partial charge in [-0.15, -0.1) is 0 Å². The van der Waals surface area contributed by atoms with E-state index in [2.05, 4.69) is 5.32 Å². The van der Waals surface area contributed by atoms with Crippen molar-refractivity contribution in [3.05, 3.63) is 34.9 Å². The van der Waals surface area contributed by atoms with Crippen LogP contribution in [0.15, 0.2) is 18.2 Å². The molecule has 1 amide bonds. The maximum Gasteiger partial charge on any atom is 0.416 e. The highest BCUT2D eigenvalue weighted by Crippen LogP contribution is 2.34. The molecule has 0 radical (unpaired) electrons. The maximum absolute atomic E-state index is 13.0. The number of hydrogen-bond acceptors (Lipinski definition) is 1. The zero-order chi connectivity index (χ0) is 16.5. The van der Waals surface area contributed by atoms with Gasteiger partial charge in [-0.05, 0) is 51.3 Å². The molecule has 1 N–H and O–H groups in total. The van der Waals surface area contributed by atoms with Gasteiger partial charge in [-0.3, -0.25) is 4.79 Å². The molecular weight excluding hydrogens is 291 g/mol. The molecule has 0 aliphatic heterocycles. The summed E-state index contributed by atoms with van der Waals surface area (Å²) in [6, 6.07) is 3.95. The lowest BCUT2D eigenvalue weighted by molar-refractivity contribution is -0.137. The van der Waals surface area contributed by atoms with Gasteiger partial charge in [0.1, 0.15) is 0 Å². The number of benzene rings is 1. The predicted octanol–water partition coefficient (Wildman–Crippen LogP) is 4.56. The fourth-order valence-corrected chi connectivity index (χ4v) is 2.98. The first-order chi connectivity index (χ1) is 10.1. The Hall–Kier alpha value is -1.52. The quantitative estimate of drug-likeness (QED) is 0.871. The van der Waals surface area contributed by atoms with Crippen LogP contribution in [0.3, 0.4) is 0 Å². The van der Waals surface area contributed by atoms with E-state index in [0.717, 1.165) is 37.8 Å². The lowest BCUT2D eigenvalue weighted by Crippen LogP contribution is -2.43. The summed E-state index contributed by atoms with van der Waals surface area (Å²) >= 11 is 0. The van der Waals surface area contributed by atoms with E-state index in [9.17, 15) is 18.0 Å². The summed E-state index contributed by atoms with van der Waals surface area (Å²) in [5.74, 6) is -0.0660. The van der Waals surface area contributed by atoms with E-state index >= 15 is 0 Å². The summed E-state index contributed by atoms with van der Waals surface area (Å²) in [7, 11) is 0. The molecule has 1 fully saturated rings. The topological polar surface area (TPSA) is 29.1 Å². The van der Waals surface area contributed by atoms with E-state index < -0.39 is 17.3 Å². The summed E-state index contributed by atoms with van der Waals surface area (Å²) in [5.41, 5.74) is -0.490. The molecular formula is C17H22F3NO. The van der Waals surface area contributed by atoms with Gasteiger partial charge in [0, 0.05) is 5.92 Å². The van der Waals surface area contributed by atoms with Gasteiger partial charge in [-0.1, -0.05) is 24.5 Å². The lowest BCUT2D eigenvalue weighted by Gasteiger charge is -2.29. The van der Waals surface area contributed by atoms with Crippen LogP contribution in [0, 0.1) is 12.8 Å². The fraction of sp³-hybridized carbons (Fsp3) is 0.588. The second-order valence-electron chi connectivity index (χ2n) is 6.68. The average Bonchev–Trinajstić information content (AvgIpc) is 2.90. The first-order valence-electron chi connectivity index (χ1n) is 7.61. The molecule has 1 aromatic carbocycles. The molecule has 1 aromatic rings. The third kappa shape index (κ3) is 3.81. The SMILES string of the molecule is Cc1cc(C(F)(F)F)cc(C(C)(C)NC(=O)C2CCCC2)c1. The van der Waals surface area contributed by atoms with E-state index in [1.165, 1.54) is 0 Å². The van der Waals surface area contributed by atoms with Crippen LogP contribution in [0.5, 0.6) is 0 Å². The number of amides is 1. The number of hydrogen-bond donors (Lipinski definition) is 1. The van der Waals surface area contributed by atoms with Crippen LogP contribution in [-0.4, -0.2) is 5.91 Å². The first-order valence-corrected chi connectivity index (χ1v) is 7.61. The monoisotopic (exact) mass is 313 g/mol. The predicted molar refractivity (Wildman–Crippen MR) is 79.3 cm³/mol. The van der Waals surface area contributed by atoms with Crippen molar-refractivity contribution >= 4 is 5.91 Å². The second kappa shape index (κ2) is 5.94. The molecule has 0 heterocycles. The number of carbonyl (C=O) groups is 1. The number of alkyl halides is 3. The molecule has 1 aliphatic carbocycles. The Morgan fingerprint density at radius 3 is 2.18 bits per heavy atom. The first kappa shape index (κ1) is 16.8. The van der Waals surface area contributed by atoms with Crippen molar-refractivity contribution in [2.45, 2.75) is 58.2 Å². The average molecular weight is 313 g/mol. The summed E-state index contributed by atoms with van der Waals surface area (Å²) in [4.78, 5) is 12.3. The summed E-state index contributed by atoms with van der Waals surface area (Å²) in [5, 5.41) is 2.91. The van der Waals surface area contributed by atoms with Crippen LogP contribution < -0.4 is 5.32 Å². The van der Waals surface area contributed by atoms with Crippen molar-refractivity contribution in [3.63, 3.8) is 0 Å². The molecule has 0 spiro atoms. The molecule has 0 bridgehead atoms. The Balaban J connectivity index is 2.24. The highest BCUT2D eigenvalue weighted by Gasteiger charge is 2.34. The molecule has 1 saturated carbocycles. The largest absolute Gasteiger partial charge is 0.416 e. The van der Waals surface area contributed by atoms with Gasteiger partial charge in [-0.2, -0.15) is 13.2 Å². The highest BCUT2D eigenvalue weighted by atomic mass is 19.4. The molecule has 0 unspecified atom stereocenters. The van der Waals surface area contributed by atoms with E-state index in [1.807, 2.05) is 0 Å². The van der Waals surface area contributed by atoms with Gasteiger partial charge in [0.15, 0.2) is 0 Å². The van der Waals surface area contributed by atoms with Crippen LogP contribution in [0.25, 0.3) is 0 Å². The van der Waals surface area contributed by atoms with Crippen molar-refractivity contribution in [1.82, 2.24) is 5.32 Å². The van der Waals surface area contributed by atoms with Crippen molar-refractivity contribution < 1.29 is 18.0 Å². The zero-order valence-corrected chi connectivity index (χ0v) is 13.2. The number of aryl methyl sites for hydroxylation is 1. The standard InChI is InChI=1S/C17H22F3NO/c1-11-8-13(10-14(9-11)17(18,19)20)16(2,3)21-15(22)12-6-4-5-7-12/h8-10,12H,4-7H2,1-3H3,(H,21,22). The van der Waals surface area contributed by atoms with Gasteiger partial charge in [0.05, 0.1) is 11.1 Å². The van der Waals surface area contributed by atoms with Crippen LogP contribution in [0.1, 0.15) is 56.2 Å². The number of halogens is 3. The van der Waals surface area contributed by atoms with Crippen molar-refractivity contribution in [2.24, 2.45) is 5.92 Å². The molecule has 0 atom stereocenters. The fourth-order valence-electron chi connectivity index (χ4n) is 2.98. The van der Waals surface area contributed by atoms with E-state index in [4.69, 9.17) is 0 Å². The molecule has 0 aromatic heterocycles. The minimum atomic E-state index is -4.38. The number of nitrogens with one attached hydrogen (secondary N) is 1. The molecule has 2 rings (SSSR count). The normalized spacial score (nSPS) is 16.8. The molecule has 5 heteroatoms. The maximum atomic E-state index is 13.0. The van der Waals surface area contributed by atoms with Gasteiger partial charge in [-0.25, -0.2) is 0 Å². The molecule has 22 heavy (non-hydrogen) atoms. The minimum Gasteiger partial charge on any atom is -0.347 e. The van der Waals surface area contributed by atoms with E-state index in [1.54, 1.807) is 26.8 Å². The lowest BCUT2D eigenvalue weighted by atomic mass is 9.90. The third-order valence-corrected chi connectivity index (χ3v) is 4.29. The molecule has 2 nitrogen and oxygen atoms in total. The molecule has 122 valence electrons. The van der Waals surface area contributed by atoms with Crippen molar-refractivity contribution in [3.8, 4) is 0 Å². The smallest absolute Gasteiger partial charge is 0.347 e. The Morgan fingerprint density at radius 2 is 1.64 bits per heavy atom. The van der Waals surface area contributed by atoms with Gasteiger partial charge < -0.3 is 5.32 Å². The Labute approximate surface area is 129 Å². The minimum absolute atomic E-state index is 0.00818. The molecule has 0 saturated heterocycles. The Morgan fingerprint density at radius 1 is 1.09 bits per heavy atom. The van der Waals surface area contributed by atoms with Crippen LogP contribution in [0.4, 0.5) is 13.2 Å². The van der Waals surface area contributed by atoms with Crippen molar-refractivity contribution in [1.29, 1.82) is 0 Å². The summed E-state index contributed by atoms with van der Waals surface area (Å²) in [6.07, 6.45) is -0.568. The summed E-state index contributed by atoms with van der Waals surface area (Å²) in [6.45, 7) is 5.12. The number of carbonyl (C=O) groups excluding carboxylic acids is 1. The van der Waals surface area contributed by atoms with Crippen LogP contribution in [-0.2, 0) is 16.5 Å². The van der Waals surface area contributed by atoms with Gasteiger partial charge in [0.25, 0.3) is 0 Å². The van der Waals surface area contributed by atoms with E-state index in [-0.39, 0.29) is 11.8 Å².